The lowest BCUT2D eigenvalue weighted by molar-refractivity contribution is 0.0698. The van der Waals surface area contributed by atoms with Crippen LogP contribution in [-0.2, 0) is 9.84 Å². The van der Waals surface area contributed by atoms with Crippen molar-refractivity contribution >= 4 is 15.7 Å². The number of sulfone groups is 1. The number of pyridine rings is 1. The average Bonchev–Trinajstić information content (AvgIpc) is 2.61. The van der Waals surface area contributed by atoms with Crippen molar-refractivity contribution in [1.29, 1.82) is 0 Å². The number of carbonyl (C=O) groups excluding carboxylic acids is 1. The second kappa shape index (κ2) is 6.87. The lowest BCUT2D eigenvalue weighted by atomic mass is 9.94. The van der Waals surface area contributed by atoms with E-state index in [1.807, 2.05) is 6.92 Å². The molecule has 0 N–H and O–H groups in total. The number of aryl methyl sites for hydroxylation is 1. The molecule has 1 atom stereocenters. The van der Waals surface area contributed by atoms with Gasteiger partial charge in [0.15, 0.2) is 9.84 Å². The van der Waals surface area contributed by atoms with Crippen LogP contribution in [0.3, 0.4) is 0 Å². The molecule has 8 heteroatoms. The van der Waals surface area contributed by atoms with Crippen LogP contribution in [0.2, 0.25) is 0 Å². The highest BCUT2D eigenvalue weighted by Crippen LogP contribution is 2.30. The number of nitrogens with zero attached hydrogens (tertiary/aromatic N) is 4. The minimum absolute atomic E-state index is 0.109. The highest BCUT2D eigenvalue weighted by atomic mass is 32.2. The highest BCUT2D eigenvalue weighted by molar-refractivity contribution is 7.90. The normalized spacial score (nSPS) is 18.2. The predicted octanol–water partition coefficient (Wildman–Crippen LogP) is 1.60. The summed E-state index contributed by atoms with van der Waals surface area (Å²) in [5.74, 6) is -0.295. The first-order valence-corrected chi connectivity index (χ1v) is 9.98. The molecule has 0 saturated carbocycles. The van der Waals surface area contributed by atoms with Crippen LogP contribution in [0.5, 0.6) is 0 Å². The van der Waals surface area contributed by atoms with E-state index in [9.17, 15) is 13.2 Å². The van der Waals surface area contributed by atoms with Crippen LogP contribution >= 0.6 is 0 Å². The molecule has 0 radical (unpaired) electrons. The van der Waals surface area contributed by atoms with Crippen molar-refractivity contribution in [3.05, 3.63) is 47.8 Å². The third-order valence-corrected chi connectivity index (χ3v) is 5.44. The Kier molecular flexibility index (Phi) is 4.80. The van der Waals surface area contributed by atoms with Crippen LogP contribution in [0.4, 0.5) is 0 Å². The smallest absolute Gasteiger partial charge is 0.274 e. The van der Waals surface area contributed by atoms with E-state index in [0.29, 0.717) is 24.5 Å². The Balaban J connectivity index is 1.85. The molecule has 1 amide bonds. The lowest BCUT2D eigenvalue weighted by Gasteiger charge is -2.32. The van der Waals surface area contributed by atoms with Crippen LogP contribution in [0, 0.1) is 6.92 Å². The first kappa shape index (κ1) is 17.5. The first-order chi connectivity index (χ1) is 11.9. The predicted molar refractivity (Wildman–Crippen MR) is 92.0 cm³/mol. The molecule has 7 nitrogen and oxygen atoms in total. The molecule has 3 rings (SSSR count). The Bertz CT molecular complexity index is 881. The van der Waals surface area contributed by atoms with E-state index in [1.165, 1.54) is 12.5 Å². The zero-order valence-electron chi connectivity index (χ0n) is 14.2. The summed E-state index contributed by atoms with van der Waals surface area (Å²) in [6.07, 6.45) is 7.40. The Morgan fingerprint density at radius 3 is 2.72 bits per heavy atom. The number of aromatic nitrogens is 3. The molecule has 1 fully saturated rings. The van der Waals surface area contributed by atoms with Gasteiger partial charge in [-0.3, -0.25) is 14.8 Å². The number of piperidine rings is 1. The van der Waals surface area contributed by atoms with Crippen molar-refractivity contribution < 1.29 is 13.2 Å². The number of rotatable bonds is 3. The van der Waals surface area contributed by atoms with Gasteiger partial charge in [0.1, 0.15) is 5.69 Å². The largest absolute Gasteiger partial charge is 0.337 e. The second-order valence-electron chi connectivity index (χ2n) is 6.29. The number of likely N-dealkylation sites (tertiary alicyclic amines) is 1. The van der Waals surface area contributed by atoms with Gasteiger partial charge >= 0.3 is 0 Å². The molecular weight excluding hydrogens is 340 g/mol. The molecule has 1 aliphatic rings. The zero-order valence-corrected chi connectivity index (χ0v) is 15.0. The van der Waals surface area contributed by atoms with Crippen molar-refractivity contribution in [3.63, 3.8) is 0 Å². The van der Waals surface area contributed by atoms with Crippen LogP contribution in [-0.4, -0.2) is 53.5 Å². The molecule has 3 heterocycles. The number of carbonyl (C=O) groups is 1. The summed E-state index contributed by atoms with van der Waals surface area (Å²) in [5, 5.41) is 0. The molecule has 1 saturated heterocycles. The Hall–Kier alpha value is -2.35. The molecule has 0 aliphatic carbocycles. The standard InChI is InChI=1S/C17H20N4O3S/c1-12-9-20-14(10-19-12)17(22)21-8-4-5-13(11-21)16-15(25(2,23)24)6-3-7-18-16/h3,6-7,9-10,13H,4-5,8,11H2,1-2H3. The lowest BCUT2D eigenvalue weighted by Crippen LogP contribution is -2.40. The van der Waals surface area contributed by atoms with Gasteiger partial charge in [-0.15, -0.1) is 0 Å². The van der Waals surface area contributed by atoms with Crippen LogP contribution in [0.15, 0.2) is 35.6 Å². The van der Waals surface area contributed by atoms with Gasteiger partial charge in [-0.2, -0.15) is 0 Å². The van der Waals surface area contributed by atoms with Crippen molar-refractivity contribution in [2.45, 2.75) is 30.6 Å². The fraction of sp³-hybridized carbons (Fsp3) is 0.412. The number of hydrogen-bond donors (Lipinski definition) is 0. The maximum atomic E-state index is 12.7. The van der Waals surface area contributed by atoms with Gasteiger partial charge in [0, 0.05) is 37.7 Å². The van der Waals surface area contributed by atoms with Gasteiger partial charge in [0.05, 0.1) is 22.5 Å². The summed E-state index contributed by atoms with van der Waals surface area (Å²) in [5.41, 5.74) is 1.59. The van der Waals surface area contributed by atoms with Crippen LogP contribution < -0.4 is 0 Å². The molecule has 2 aromatic heterocycles. The Morgan fingerprint density at radius 1 is 1.24 bits per heavy atom. The van der Waals surface area contributed by atoms with Gasteiger partial charge in [0.2, 0.25) is 0 Å². The molecule has 0 aromatic carbocycles. The topological polar surface area (TPSA) is 93.1 Å². The third-order valence-electron chi connectivity index (χ3n) is 4.29. The highest BCUT2D eigenvalue weighted by Gasteiger charge is 2.30. The van der Waals surface area contributed by atoms with E-state index in [2.05, 4.69) is 15.0 Å². The zero-order chi connectivity index (χ0) is 18.0. The van der Waals surface area contributed by atoms with Crippen molar-refractivity contribution in [2.24, 2.45) is 0 Å². The summed E-state index contributed by atoms with van der Waals surface area (Å²) in [6, 6.07) is 3.19. The monoisotopic (exact) mass is 360 g/mol. The third kappa shape index (κ3) is 3.84. The Morgan fingerprint density at radius 2 is 2.04 bits per heavy atom. The fourth-order valence-corrected chi connectivity index (χ4v) is 4.00. The SMILES string of the molecule is Cc1cnc(C(=O)N2CCCC(c3ncccc3S(C)(=O)=O)C2)cn1. The van der Waals surface area contributed by atoms with E-state index in [1.54, 1.807) is 29.4 Å². The van der Waals surface area contributed by atoms with E-state index in [0.717, 1.165) is 18.5 Å². The molecule has 0 spiro atoms. The molecule has 25 heavy (non-hydrogen) atoms. The molecular formula is C17H20N4O3S. The van der Waals surface area contributed by atoms with Gasteiger partial charge in [-0.1, -0.05) is 0 Å². The maximum absolute atomic E-state index is 12.7. The summed E-state index contributed by atoms with van der Waals surface area (Å²) in [7, 11) is -3.37. The maximum Gasteiger partial charge on any atom is 0.274 e. The summed E-state index contributed by atoms with van der Waals surface area (Å²) >= 11 is 0. The minimum Gasteiger partial charge on any atom is -0.337 e. The van der Waals surface area contributed by atoms with Crippen molar-refractivity contribution in [2.75, 3.05) is 19.3 Å². The quantitative estimate of drug-likeness (QED) is 0.825. The van der Waals surface area contributed by atoms with Gasteiger partial charge in [0.25, 0.3) is 5.91 Å². The van der Waals surface area contributed by atoms with E-state index < -0.39 is 9.84 Å². The average molecular weight is 360 g/mol. The van der Waals surface area contributed by atoms with E-state index in [-0.39, 0.29) is 16.7 Å². The second-order valence-corrected chi connectivity index (χ2v) is 8.28. The van der Waals surface area contributed by atoms with Crippen molar-refractivity contribution in [1.82, 2.24) is 19.9 Å². The van der Waals surface area contributed by atoms with Crippen LogP contribution in [0.25, 0.3) is 0 Å². The van der Waals surface area contributed by atoms with Gasteiger partial charge in [-0.25, -0.2) is 13.4 Å². The van der Waals surface area contributed by atoms with Crippen LogP contribution in [0.1, 0.15) is 40.6 Å². The molecule has 1 unspecified atom stereocenters. The van der Waals surface area contributed by atoms with Gasteiger partial charge < -0.3 is 4.90 Å². The van der Waals surface area contributed by atoms with E-state index >= 15 is 0 Å². The molecule has 1 aliphatic heterocycles. The molecule has 132 valence electrons. The Labute approximate surface area is 147 Å². The summed E-state index contributed by atoms with van der Waals surface area (Å²) in [6.45, 7) is 2.85. The minimum atomic E-state index is -3.37. The van der Waals surface area contributed by atoms with Gasteiger partial charge in [-0.05, 0) is 31.9 Å². The number of amides is 1. The fourth-order valence-electron chi connectivity index (χ4n) is 3.07. The first-order valence-electron chi connectivity index (χ1n) is 8.09. The summed E-state index contributed by atoms with van der Waals surface area (Å²) in [4.78, 5) is 27.2. The molecule has 0 bridgehead atoms. The van der Waals surface area contributed by atoms with E-state index in [4.69, 9.17) is 0 Å². The molecule has 2 aromatic rings. The number of hydrogen-bond acceptors (Lipinski definition) is 6. The van der Waals surface area contributed by atoms with Crippen molar-refractivity contribution in [3.8, 4) is 0 Å². The summed E-state index contributed by atoms with van der Waals surface area (Å²) < 4.78 is 24.1.